The van der Waals surface area contributed by atoms with Gasteiger partial charge in [0.25, 0.3) is 0 Å². The SMILES string of the molecule is CCOc1ccccc1CN(C)C(=O)COC(C)C. The first-order valence-electron chi connectivity index (χ1n) is 6.60. The van der Waals surface area contributed by atoms with E-state index in [9.17, 15) is 4.79 Å². The van der Waals surface area contributed by atoms with Crippen molar-refractivity contribution in [2.75, 3.05) is 20.3 Å². The van der Waals surface area contributed by atoms with Gasteiger partial charge in [0.05, 0.1) is 12.7 Å². The van der Waals surface area contributed by atoms with E-state index >= 15 is 0 Å². The molecule has 4 nitrogen and oxygen atoms in total. The van der Waals surface area contributed by atoms with E-state index in [4.69, 9.17) is 9.47 Å². The number of amides is 1. The van der Waals surface area contributed by atoms with E-state index in [0.717, 1.165) is 11.3 Å². The molecule has 106 valence electrons. The molecule has 0 fully saturated rings. The normalized spacial score (nSPS) is 10.6. The van der Waals surface area contributed by atoms with E-state index in [1.165, 1.54) is 0 Å². The van der Waals surface area contributed by atoms with Crippen molar-refractivity contribution in [3.63, 3.8) is 0 Å². The average molecular weight is 265 g/mol. The predicted molar refractivity (Wildman–Crippen MR) is 75.2 cm³/mol. The molecule has 0 aliphatic carbocycles. The smallest absolute Gasteiger partial charge is 0.248 e. The minimum Gasteiger partial charge on any atom is -0.494 e. The third-order valence-corrected chi connectivity index (χ3v) is 2.65. The summed E-state index contributed by atoms with van der Waals surface area (Å²) in [5, 5.41) is 0. The van der Waals surface area contributed by atoms with E-state index in [-0.39, 0.29) is 18.6 Å². The van der Waals surface area contributed by atoms with E-state index < -0.39 is 0 Å². The van der Waals surface area contributed by atoms with Crippen molar-refractivity contribution in [2.45, 2.75) is 33.4 Å². The molecule has 4 heteroatoms. The summed E-state index contributed by atoms with van der Waals surface area (Å²) in [7, 11) is 1.77. The molecule has 0 aliphatic rings. The lowest BCUT2D eigenvalue weighted by Crippen LogP contribution is -2.31. The van der Waals surface area contributed by atoms with Gasteiger partial charge in [-0.3, -0.25) is 4.79 Å². The number of hydrogen-bond donors (Lipinski definition) is 0. The first-order chi connectivity index (χ1) is 9.04. The molecule has 0 saturated heterocycles. The number of carbonyl (C=O) groups excluding carboxylic acids is 1. The zero-order chi connectivity index (χ0) is 14.3. The van der Waals surface area contributed by atoms with Gasteiger partial charge < -0.3 is 14.4 Å². The Bertz CT molecular complexity index is 404. The molecule has 0 bridgehead atoms. The summed E-state index contributed by atoms with van der Waals surface area (Å²) in [5.41, 5.74) is 1.00. The van der Waals surface area contributed by atoms with Crippen LogP contribution in [-0.4, -0.2) is 37.2 Å². The molecule has 1 amide bonds. The van der Waals surface area contributed by atoms with Crippen LogP contribution in [0.5, 0.6) is 5.75 Å². The van der Waals surface area contributed by atoms with Crippen LogP contribution < -0.4 is 4.74 Å². The first-order valence-corrected chi connectivity index (χ1v) is 6.60. The largest absolute Gasteiger partial charge is 0.494 e. The summed E-state index contributed by atoms with van der Waals surface area (Å²) in [6.07, 6.45) is 0.0630. The number of likely N-dealkylation sites (N-methyl/N-ethyl adjacent to an activating group) is 1. The second-order valence-corrected chi connectivity index (χ2v) is 4.65. The van der Waals surface area contributed by atoms with Gasteiger partial charge in [0.2, 0.25) is 5.91 Å². The van der Waals surface area contributed by atoms with Gasteiger partial charge in [0.1, 0.15) is 12.4 Å². The zero-order valence-electron chi connectivity index (χ0n) is 12.2. The van der Waals surface area contributed by atoms with Crippen LogP contribution in [0.1, 0.15) is 26.3 Å². The van der Waals surface area contributed by atoms with Crippen molar-refractivity contribution < 1.29 is 14.3 Å². The lowest BCUT2D eigenvalue weighted by atomic mass is 10.2. The fourth-order valence-corrected chi connectivity index (χ4v) is 1.62. The average Bonchev–Trinajstić information content (AvgIpc) is 2.38. The fourth-order valence-electron chi connectivity index (χ4n) is 1.62. The zero-order valence-corrected chi connectivity index (χ0v) is 12.2. The van der Waals surface area contributed by atoms with Crippen molar-refractivity contribution in [1.29, 1.82) is 0 Å². The van der Waals surface area contributed by atoms with Crippen LogP contribution in [0.3, 0.4) is 0 Å². The van der Waals surface area contributed by atoms with Gasteiger partial charge in [-0.2, -0.15) is 0 Å². The van der Waals surface area contributed by atoms with Crippen LogP contribution in [-0.2, 0) is 16.1 Å². The Morgan fingerprint density at radius 3 is 2.63 bits per heavy atom. The predicted octanol–water partition coefficient (Wildman–Crippen LogP) is 2.47. The summed E-state index contributed by atoms with van der Waals surface area (Å²) in [4.78, 5) is 13.5. The molecule has 0 atom stereocenters. The molecule has 0 aromatic heterocycles. The monoisotopic (exact) mass is 265 g/mol. The van der Waals surface area contributed by atoms with Gasteiger partial charge in [-0.05, 0) is 26.8 Å². The Morgan fingerprint density at radius 1 is 1.32 bits per heavy atom. The van der Waals surface area contributed by atoms with Gasteiger partial charge in [-0.1, -0.05) is 18.2 Å². The Balaban J connectivity index is 2.60. The molecule has 0 N–H and O–H groups in total. The number of hydrogen-bond acceptors (Lipinski definition) is 3. The van der Waals surface area contributed by atoms with Crippen molar-refractivity contribution >= 4 is 5.91 Å². The third kappa shape index (κ3) is 5.30. The van der Waals surface area contributed by atoms with Crippen molar-refractivity contribution in [3.8, 4) is 5.75 Å². The molecule has 0 spiro atoms. The van der Waals surface area contributed by atoms with Crippen molar-refractivity contribution in [3.05, 3.63) is 29.8 Å². The molecular weight excluding hydrogens is 242 g/mol. The number of benzene rings is 1. The molecule has 0 radical (unpaired) electrons. The highest BCUT2D eigenvalue weighted by Gasteiger charge is 2.12. The number of carbonyl (C=O) groups is 1. The van der Waals surface area contributed by atoms with Crippen LogP contribution >= 0.6 is 0 Å². The molecule has 0 aliphatic heterocycles. The molecule has 1 aromatic rings. The summed E-state index contributed by atoms with van der Waals surface area (Å²) >= 11 is 0. The van der Waals surface area contributed by atoms with E-state index in [2.05, 4.69) is 0 Å². The van der Waals surface area contributed by atoms with Gasteiger partial charge in [0, 0.05) is 19.2 Å². The maximum absolute atomic E-state index is 11.9. The second kappa shape index (κ2) is 7.79. The van der Waals surface area contributed by atoms with Gasteiger partial charge in [-0.15, -0.1) is 0 Å². The van der Waals surface area contributed by atoms with Gasteiger partial charge in [0.15, 0.2) is 0 Å². The number of rotatable bonds is 7. The van der Waals surface area contributed by atoms with Crippen LogP contribution in [0.25, 0.3) is 0 Å². The highest BCUT2D eigenvalue weighted by atomic mass is 16.5. The fraction of sp³-hybridized carbons (Fsp3) is 0.533. The quantitative estimate of drug-likeness (QED) is 0.760. The standard InChI is InChI=1S/C15H23NO3/c1-5-18-14-9-7-6-8-13(14)10-16(4)15(17)11-19-12(2)3/h6-9,12H,5,10-11H2,1-4H3. The van der Waals surface area contributed by atoms with Gasteiger partial charge >= 0.3 is 0 Å². The maximum atomic E-state index is 11.9. The summed E-state index contributed by atoms with van der Waals surface area (Å²) in [5.74, 6) is 0.800. The Morgan fingerprint density at radius 2 is 2.00 bits per heavy atom. The molecule has 0 unspecified atom stereocenters. The molecule has 1 aromatic carbocycles. The minimum absolute atomic E-state index is 0.0278. The number of para-hydroxylation sites is 1. The molecule has 19 heavy (non-hydrogen) atoms. The lowest BCUT2D eigenvalue weighted by Gasteiger charge is -2.19. The molecule has 0 heterocycles. The molecule has 1 rings (SSSR count). The van der Waals surface area contributed by atoms with Crippen LogP contribution in [0, 0.1) is 0 Å². The van der Waals surface area contributed by atoms with E-state index in [1.807, 2.05) is 45.0 Å². The van der Waals surface area contributed by atoms with Crippen LogP contribution in [0.15, 0.2) is 24.3 Å². The molecule has 0 saturated carbocycles. The van der Waals surface area contributed by atoms with Crippen LogP contribution in [0.4, 0.5) is 0 Å². The Kier molecular flexibility index (Phi) is 6.36. The Labute approximate surface area is 115 Å². The van der Waals surface area contributed by atoms with E-state index in [0.29, 0.717) is 13.2 Å². The highest BCUT2D eigenvalue weighted by molar-refractivity contribution is 5.77. The summed E-state index contributed by atoms with van der Waals surface area (Å²) in [6.45, 7) is 7.03. The van der Waals surface area contributed by atoms with Crippen LogP contribution in [0.2, 0.25) is 0 Å². The number of ether oxygens (including phenoxy) is 2. The summed E-state index contributed by atoms with van der Waals surface area (Å²) < 4.78 is 10.9. The second-order valence-electron chi connectivity index (χ2n) is 4.65. The highest BCUT2D eigenvalue weighted by Crippen LogP contribution is 2.19. The van der Waals surface area contributed by atoms with Crippen molar-refractivity contribution in [2.24, 2.45) is 0 Å². The maximum Gasteiger partial charge on any atom is 0.248 e. The van der Waals surface area contributed by atoms with E-state index in [1.54, 1.807) is 11.9 Å². The minimum atomic E-state index is -0.0278. The van der Waals surface area contributed by atoms with Crippen molar-refractivity contribution in [1.82, 2.24) is 4.90 Å². The third-order valence-electron chi connectivity index (χ3n) is 2.65. The van der Waals surface area contributed by atoms with Gasteiger partial charge in [-0.25, -0.2) is 0 Å². The summed E-state index contributed by atoms with van der Waals surface area (Å²) in [6, 6.07) is 7.76. The first kappa shape index (κ1) is 15.5. The Hall–Kier alpha value is -1.55. The number of nitrogens with zero attached hydrogens (tertiary/aromatic N) is 1. The lowest BCUT2D eigenvalue weighted by molar-refractivity contribution is -0.136. The topological polar surface area (TPSA) is 38.8 Å². The molecular formula is C15H23NO3.